The van der Waals surface area contributed by atoms with Crippen molar-refractivity contribution in [3.8, 4) is 0 Å². The van der Waals surface area contributed by atoms with Crippen molar-refractivity contribution in [2.24, 2.45) is 5.73 Å². The van der Waals surface area contributed by atoms with E-state index in [1.165, 1.54) is 0 Å². The molecule has 0 atom stereocenters. The van der Waals surface area contributed by atoms with E-state index in [1.807, 2.05) is 0 Å². The predicted octanol–water partition coefficient (Wildman–Crippen LogP) is -5.12. The molecule has 1 radical (unpaired) electrons. The van der Waals surface area contributed by atoms with Crippen molar-refractivity contribution >= 4 is 8.80 Å². The van der Waals surface area contributed by atoms with Gasteiger partial charge in [0.05, 0.1) is 11.1 Å². The Balaban J connectivity index is 0.00000450. The molecule has 0 aromatic carbocycles. The first-order chi connectivity index (χ1) is 13.8. The van der Waals surface area contributed by atoms with Crippen LogP contribution in [0.15, 0.2) is 0 Å². The first-order valence-corrected chi connectivity index (χ1v) is 12.8. The minimum absolute atomic E-state index is 0. The molecule has 0 aromatic heterocycles. The van der Waals surface area contributed by atoms with Gasteiger partial charge in [0.2, 0.25) is 0 Å². The van der Waals surface area contributed by atoms with Gasteiger partial charge in [0.15, 0.2) is 0 Å². The maximum absolute atomic E-state index is 9.25. The Morgan fingerprint density at radius 3 is 1.43 bits per heavy atom. The molecule has 0 unspecified atom stereocenters. The van der Waals surface area contributed by atoms with E-state index in [4.69, 9.17) is 5.73 Å². The van der Waals surface area contributed by atoms with E-state index >= 15 is 0 Å². The van der Waals surface area contributed by atoms with E-state index < -0.39 is 8.80 Å². The molecule has 2 bridgehead atoms. The topological polar surface area (TPSA) is 171 Å². The van der Waals surface area contributed by atoms with E-state index in [1.54, 1.807) is 0 Å². The van der Waals surface area contributed by atoms with Crippen LogP contribution in [0.25, 0.3) is 0 Å². The molecule has 0 saturated carbocycles. The summed E-state index contributed by atoms with van der Waals surface area (Å²) in [5, 5.41) is 24.6. The van der Waals surface area contributed by atoms with Gasteiger partial charge in [-0.2, -0.15) is 0 Å². The van der Waals surface area contributed by atoms with Gasteiger partial charge in [-0.05, 0) is 13.0 Å². The SMILES string of the molecule is NC12CNCCNCC(NCCC[Si](O)(O)O)(CNCCNC1)CNCCNC2.[Cu+2]. The number of nitrogens with one attached hydrogen (secondary N) is 7. The van der Waals surface area contributed by atoms with Crippen molar-refractivity contribution in [1.82, 2.24) is 37.2 Å². The normalized spacial score (nSPS) is 30.8. The molecule has 0 aliphatic carbocycles. The zero-order valence-corrected chi connectivity index (χ0v) is 19.8. The average Bonchev–Trinajstić information content (AvgIpc) is 2.66. The van der Waals surface area contributed by atoms with Crippen LogP contribution < -0.4 is 43.0 Å². The van der Waals surface area contributed by atoms with Crippen LogP contribution in [0.4, 0.5) is 0 Å². The second kappa shape index (κ2) is 14.4. The molecule has 0 aromatic rings. The largest absolute Gasteiger partial charge is 2.00 e. The van der Waals surface area contributed by atoms with Crippen LogP contribution in [0.3, 0.4) is 0 Å². The van der Waals surface area contributed by atoms with E-state index in [2.05, 4.69) is 37.2 Å². The average molecular weight is 498 g/mol. The Morgan fingerprint density at radius 1 is 0.700 bits per heavy atom. The second-order valence-corrected chi connectivity index (χ2v) is 10.6. The first kappa shape index (κ1) is 28.3. The molecular weight excluding hydrogens is 456 g/mol. The second-order valence-electron chi connectivity index (χ2n) is 8.51. The van der Waals surface area contributed by atoms with Crippen LogP contribution >= 0.6 is 0 Å². The monoisotopic (exact) mass is 497 g/mol. The minimum atomic E-state index is -3.98. The molecule has 181 valence electrons. The number of hydrogen-bond donors (Lipinski definition) is 11. The Bertz CT molecular complexity index is 418. The van der Waals surface area contributed by atoms with E-state index in [9.17, 15) is 14.4 Å². The number of hydrogen-bond acceptors (Lipinski definition) is 11. The van der Waals surface area contributed by atoms with Gasteiger partial charge in [0, 0.05) is 84.6 Å². The maximum Gasteiger partial charge on any atom is 2.00 e. The van der Waals surface area contributed by atoms with Gasteiger partial charge in [-0.1, -0.05) is 0 Å². The zero-order chi connectivity index (χ0) is 21.1. The Labute approximate surface area is 191 Å². The van der Waals surface area contributed by atoms with E-state index in [-0.39, 0.29) is 34.2 Å². The fourth-order valence-electron chi connectivity index (χ4n) is 3.77. The molecule has 3 saturated heterocycles. The van der Waals surface area contributed by atoms with Crippen molar-refractivity contribution in [1.29, 1.82) is 0 Å². The van der Waals surface area contributed by atoms with Gasteiger partial charge in [0.1, 0.15) is 0 Å². The summed E-state index contributed by atoms with van der Waals surface area (Å²) < 4.78 is 0. The number of fused-ring (bicyclic) bond motifs is 15. The van der Waals surface area contributed by atoms with Crippen LogP contribution in [-0.4, -0.2) is 119 Å². The molecule has 3 aliphatic heterocycles. The molecule has 3 fully saturated rings. The van der Waals surface area contributed by atoms with Crippen molar-refractivity contribution in [2.75, 3.05) is 85.1 Å². The summed E-state index contributed by atoms with van der Waals surface area (Å²) in [7, 11) is -3.98. The molecule has 3 heterocycles. The van der Waals surface area contributed by atoms with Crippen LogP contribution in [0, 0.1) is 0 Å². The smallest absolute Gasteiger partial charge is 0.390 e. The molecule has 0 amide bonds. The quantitative estimate of drug-likeness (QED) is 0.130. The molecule has 30 heavy (non-hydrogen) atoms. The van der Waals surface area contributed by atoms with Gasteiger partial charge in [-0.25, -0.2) is 0 Å². The molecule has 0 spiro atoms. The van der Waals surface area contributed by atoms with Crippen LogP contribution in [0.1, 0.15) is 6.42 Å². The number of nitrogens with two attached hydrogens (primary N) is 1. The summed E-state index contributed by atoms with van der Waals surface area (Å²) in [5.41, 5.74) is 6.06. The van der Waals surface area contributed by atoms with E-state index in [0.717, 1.165) is 78.5 Å². The van der Waals surface area contributed by atoms with Crippen molar-refractivity contribution in [3.63, 3.8) is 0 Å². The Kier molecular flexibility index (Phi) is 13.6. The first-order valence-electron chi connectivity index (χ1n) is 10.8. The summed E-state index contributed by atoms with van der Waals surface area (Å²) in [5.74, 6) is 0. The van der Waals surface area contributed by atoms with E-state index in [0.29, 0.717) is 13.0 Å². The summed E-state index contributed by atoms with van der Waals surface area (Å²) >= 11 is 0. The van der Waals surface area contributed by atoms with Crippen LogP contribution in [0.5, 0.6) is 0 Å². The molecular formula is C17H42CuN8O3Si+2. The van der Waals surface area contributed by atoms with Gasteiger partial charge < -0.3 is 57.3 Å². The summed E-state index contributed by atoms with van der Waals surface area (Å²) in [6, 6.07) is 0.0446. The van der Waals surface area contributed by atoms with Gasteiger partial charge in [0.25, 0.3) is 0 Å². The molecule has 11 nitrogen and oxygen atoms in total. The van der Waals surface area contributed by atoms with Gasteiger partial charge >= 0.3 is 25.9 Å². The number of rotatable bonds is 5. The molecule has 13 heteroatoms. The fraction of sp³-hybridized carbons (Fsp3) is 1.00. The van der Waals surface area contributed by atoms with Crippen molar-refractivity contribution in [2.45, 2.75) is 23.5 Å². The Hall–Kier alpha value is 0.296. The summed E-state index contributed by atoms with van der Waals surface area (Å²) in [4.78, 5) is 27.8. The Morgan fingerprint density at radius 2 is 1.07 bits per heavy atom. The molecule has 3 aliphatic rings. The third-order valence-corrected chi connectivity index (χ3v) is 6.47. The zero-order valence-electron chi connectivity index (χ0n) is 17.8. The van der Waals surface area contributed by atoms with Crippen LogP contribution in [0.2, 0.25) is 6.04 Å². The predicted molar refractivity (Wildman–Crippen MR) is 117 cm³/mol. The summed E-state index contributed by atoms with van der Waals surface area (Å²) in [6.07, 6.45) is 0.515. The third-order valence-electron chi connectivity index (χ3n) is 5.45. The van der Waals surface area contributed by atoms with Gasteiger partial charge in [-0.3, -0.25) is 0 Å². The third kappa shape index (κ3) is 11.8. The van der Waals surface area contributed by atoms with Crippen molar-refractivity contribution in [3.05, 3.63) is 0 Å². The maximum atomic E-state index is 9.25. The molecule has 12 N–H and O–H groups in total. The fourth-order valence-corrected chi connectivity index (χ4v) is 4.42. The summed E-state index contributed by atoms with van der Waals surface area (Å²) in [6.45, 7) is 10.1. The van der Waals surface area contributed by atoms with Crippen LogP contribution in [-0.2, 0) is 17.1 Å². The standard InChI is InChI=1S/C17H42N8O3Si.Cu/c18-16-10-19-3-6-22-13-17(14-23-7-4-20-11-16,15-24-8-5-21-12-16)25-2-1-9-29(26,27)28;/h19-28H,1-15,18H2;/q;+2. The molecule has 3 rings (SSSR count). The van der Waals surface area contributed by atoms with Crippen molar-refractivity contribution < 1.29 is 31.5 Å². The minimum Gasteiger partial charge on any atom is -0.390 e. The van der Waals surface area contributed by atoms with Gasteiger partial charge in [-0.15, -0.1) is 0 Å².